The Balaban J connectivity index is 1.13. The van der Waals surface area contributed by atoms with Crippen LogP contribution in [-0.2, 0) is 19.3 Å². The summed E-state index contributed by atoms with van der Waals surface area (Å²) in [4.78, 5) is 0. The van der Waals surface area contributed by atoms with E-state index >= 15 is 0 Å². The predicted molar refractivity (Wildman–Crippen MR) is 212 cm³/mol. The Kier molecular flexibility index (Phi) is 6.33. The fourth-order valence-corrected chi connectivity index (χ4v) is 9.16. The number of allylic oxidation sites excluding steroid dienone is 1. The van der Waals surface area contributed by atoms with Crippen molar-refractivity contribution in [1.29, 1.82) is 0 Å². The molecule has 0 bridgehead atoms. The molecule has 0 saturated carbocycles. The Hall–Kier alpha value is -6.06. The molecule has 3 heterocycles. The van der Waals surface area contributed by atoms with Crippen molar-refractivity contribution >= 4 is 49.8 Å². The van der Waals surface area contributed by atoms with Crippen LogP contribution >= 0.6 is 0 Å². The largest absolute Gasteiger partial charge is 0.456 e. The molecule has 3 heteroatoms. The summed E-state index contributed by atoms with van der Waals surface area (Å²) in [6.07, 6.45) is 11.5. The summed E-state index contributed by atoms with van der Waals surface area (Å²) in [5.74, 6) is 0. The summed E-state index contributed by atoms with van der Waals surface area (Å²) in [5, 5.41) is 5.03. The molecule has 0 unspecified atom stereocenters. The van der Waals surface area contributed by atoms with E-state index in [9.17, 15) is 0 Å². The summed E-state index contributed by atoms with van der Waals surface area (Å²) in [5.41, 5.74) is 17.6. The van der Waals surface area contributed by atoms with E-state index in [1.54, 1.807) is 0 Å². The zero-order valence-corrected chi connectivity index (χ0v) is 28.4. The second-order valence-electron chi connectivity index (χ2n) is 14.2. The van der Waals surface area contributed by atoms with Crippen LogP contribution in [0.5, 0.6) is 0 Å². The van der Waals surface area contributed by atoms with Gasteiger partial charge in [0.2, 0.25) is 0 Å². The van der Waals surface area contributed by atoms with E-state index in [1.807, 2.05) is 0 Å². The Labute approximate surface area is 296 Å². The van der Waals surface area contributed by atoms with Crippen molar-refractivity contribution in [2.45, 2.75) is 38.5 Å². The van der Waals surface area contributed by atoms with Crippen LogP contribution in [-0.4, -0.2) is 9.13 Å². The van der Waals surface area contributed by atoms with Gasteiger partial charge < -0.3 is 13.6 Å². The van der Waals surface area contributed by atoms with Gasteiger partial charge in [-0.1, -0.05) is 91.0 Å². The molecule has 0 fully saturated rings. The minimum absolute atomic E-state index is 0.921. The molecule has 6 aromatic carbocycles. The van der Waals surface area contributed by atoms with Crippen LogP contribution in [0.25, 0.3) is 83.4 Å². The molecule has 0 N–H and O–H groups in total. The van der Waals surface area contributed by atoms with Gasteiger partial charge in [-0.25, -0.2) is 0 Å². The number of fused-ring (bicyclic) bond motifs is 9. The predicted octanol–water partition coefficient (Wildman–Crippen LogP) is 12.6. The standard InChI is InChI=1S/C48H36N2O/c1-3-13-31(14-4-1)47-44(27-28-46-48(47)37-19-9-12-22-45(37)51-46)50-41-21-11-8-18-36(41)39-30-33(24-26-43(39)50)32-23-25-42-38(29-32)35-17-7-10-20-40(35)49(42)34-15-5-2-6-16-34/h1-6,8-9,12-16,18-19,22-30H,7,10-11,17,20-21H2. The van der Waals surface area contributed by atoms with Crippen molar-refractivity contribution in [1.82, 2.24) is 9.13 Å². The maximum Gasteiger partial charge on any atom is 0.136 e. The monoisotopic (exact) mass is 656 g/mol. The van der Waals surface area contributed by atoms with Gasteiger partial charge >= 0.3 is 0 Å². The van der Waals surface area contributed by atoms with Gasteiger partial charge in [0.05, 0.1) is 16.7 Å². The van der Waals surface area contributed by atoms with E-state index in [0.717, 1.165) is 42.2 Å². The van der Waals surface area contributed by atoms with Gasteiger partial charge in [0, 0.05) is 49.7 Å². The number of benzene rings is 6. The number of furan rings is 1. The van der Waals surface area contributed by atoms with Gasteiger partial charge in [-0.3, -0.25) is 0 Å². The molecule has 2 aliphatic rings. The van der Waals surface area contributed by atoms with Gasteiger partial charge in [-0.15, -0.1) is 0 Å². The van der Waals surface area contributed by atoms with Gasteiger partial charge in [-0.05, 0) is 115 Å². The summed E-state index contributed by atoms with van der Waals surface area (Å²) in [7, 11) is 0. The van der Waals surface area contributed by atoms with Crippen LogP contribution in [0, 0.1) is 0 Å². The van der Waals surface area contributed by atoms with E-state index in [0.29, 0.717) is 0 Å². The lowest BCUT2D eigenvalue weighted by Gasteiger charge is -2.18. The highest BCUT2D eigenvalue weighted by molar-refractivity contribution is 6.15. The van der Waals surface area contributed by atoms with Crippen LogP contribution in [0.3, 0.4) is 0 Å². The van der Waals surface area contributed by atoms with Crippen molar-refractivity contribution in [2.75, 3.05) is 0 Å². The van der Waals surface area contributed by atoms with Crippen LogP contribution in [0.2, 0.25) is 0 Å². The minimum atomic E-state index is 0.921. The van der Waals surface area contributed by atoms with Gasteiger partial charge in [0.1, 0.15) is 11.2 Å². The van der Waals surface area contributed by atoms with E-state index in [4.69, 9.17) is 4.42 Å². The lowest BCUT2D eigenvalue weighted by atomic mass is 9.94. The number of aromatic nitrogens is 2. The highest BCUT2D eigenvalue weighted by atomic mass is 16.3. The number of rotatable bonds is 4. The van der Waals surface area contributed by atoms with Crippen molar-refractivity contribution in [3.05, 3.63) is 162 Å². The molecule has 3 nitrogen and oxygen atoms in total. The topological polar surface area (TPSA) is 23.0 Å². The lowest BCUT2D eigenvalue weighted by molar-refractivity contribution is 0.667. The molecule has 3 aromatic heterocycles. The molecule has 0 radical (unpaired) electrons. The first-order valence-electron chi connectivity index (χ1n) is 18.4. The van der Waals surface area contributed by atoms with Crippen molar-refractivity contribution in [2.24, 2.45) is 0 Å². The Morgan fingerprint density at radius 3 is 2.08 bits per heavy atom. The molecule has 244 valence electrons. The summed E-state index contributed by atoms with van der Waals surface area (Å²) in [6.45, 7) is 0. The Morgan fingerprint density at radius 2 is 1.24 bits per heavy atom. The lowest BCUT2D eigenvalue weighted by Crippen LogP contribution is -2.06. The molecule has 0 amide bonds. The molecule has 2 aliphatic carbocycles. The molecular weight excluding hydrogens is 621 g/mol. The van der Waals surface area contributed by atoms with Gasteiger partial charge in [0.15, 0.2) is 0 Å². The molecule has 0 aliphatic heterocycles. The van der Waals surface area contributed by atoms with Crippen LogP contribution in [0.1, 0.15) is 41.8 Å². The number of hydrogen-bond acceptors (Lipinski definition) is 1. The van der Waals surface area contributed by atoms with Crippen LogP contribution in [0.15, 0.2) is 144 Å². The molecule has 0 saturated heterocycles. The van der Waals surface area contributed by atoms with E-state index in [1.165, 1.54) is 96.2 Å². The fourth-order valence-electron chi connectivity index (χ4n) is 9.16. The second-order valence-corrected chi connectivity index (χ2v) is 14.2. The van der Waals surface area contributed by atoms with Crippen molar-refractivity contribution in [3.8, 4) is 33.6 Å². The third-order valence-corrected chi connectivity index (χ3v) is 11.4. The van der Waals surface area contributed by atoms with E-state index < -0.39 is 0 Å². The third-order valence-electron chi connectivity index (χ3n) is 11.4. The quantitative estimate of drug-likeness (QED) is 0.185. The molecule has 51 heavy (non-hydrogen) atoms. The zero-order chi connectivity index (χ0) is 33.5. The number of aryl methyl sites for hydroxylation is 1. The van der Waals surface area contributed by atoms with E-state index in [-0.39, 0.29) is 0 Å². The number of hydrogen-bond donors (Lipinski definition) is 0. The molecular formula is C48H36N2O. The highest BCUT2D eigenvalue weighted by Crippen LogP contribution is 2.45. The maximum atomic E-state index is 6.42. The van der Waals surface area contributed by atoms with Crippen molar-refractivity contribution < 1.29 is 4.42 Å². The zero-order valence-electron chi connectivity index (χ0n) is 28.4. The van der Waals surface area contributed by atoms with Crippen LogP contribution in [0.4, 0.5) is 0 Å². The van der Waals surface area contributed by atoms with Gasteiger partial charge in [0.25, 0.3) is 0 Å². The normalized spacial score (nSPS) is 14.1. The fraction of sp³-hybridized carbons (Fsp3) is 0.125. The average molecular weight is 657 g/mol. The van der Waals surface area contributed by atoms with Crippen LogP contribution < -0.4 is 0 Å². The smallest absolute Gasteiger partial charge is 0.136 e. The van der Waals surface area contributed by atoms with E-state index in [2.05, 4.69) is 155 Å². The number of nitrogens with zero attached hydrogens (tertiary/aromatic N) is 2. The first-order valence-corrected chi connectivity index (χ1v) is 18.4. The summed E-state index contributed by atoms with van der Waals surface area (Å²) < 4.78 is 11.5. The molecule has 9 aromatic rings. The first kappa shape index (κ1) is 28.7. The highest BCUT2D eigenvalue weighted by Gasteiger charge is 2.25. The molecule has 0 spiro atoms. The van der Waals surface area contributed by atoms with Crippen molar-refractivity contribution in [3.63, 3.8) is 0 Å². The first-order chi connectivity index (χ1) is 25.3. The average Bonchev–Trinajstić information content (AvgIpc) is 3.85. The number of para-hydroxylation sites is 2. The summed E-state index contributed by atoms with van der Waals surface area (Å²) >= 11 is 0. The minimum Gasteiger partial charge on any atom is -0.456 e. The Morgan fingerprint density at radius 1 is 0.510 bits per heavy atom. The maximum absolute atomic E-state index is 6.42. The molecule has 0 atom stereocenters. The second kappa shape index (κ2) is 11.2. The SMILES string of the molecule is C1=Cc2c(n(-c3ccc4oc5ccccc5c4c3-c3ccccc3)c3ccc(-c4ccc5c(c4)c4c(n5-c5ccccc5)CCCC4)cc23)CC1. The van der Waals surface area contributed by atoms with Gasteiger partial charge in [-0.2, -0.15) is 0 Å². The Bertz CT molecular complexity index is 2850. The summed E-state index contributed by atoms with van der Waals surface area (Å²) in [6, 6.07) is 48.9. The third kappa shape index (κ3) is 4.31. The molecule has 11 rings (SSSR count).